The van der Waals surface area contributed by atoms with Crippen LogP contribution in [0.2, 0.25) is 0 Å². The number of pyridine rings is 2. The van der Waals surface area contributed by atoms with E-state index in [2.05, 4.69) is 10.3 Å². The van der Waals surface area contributed by atoms with Crippen molar-refractivity contribution < 1.29 is 4.79 Å². The zero-order chi connectivity index (χ0) is 13.1. The number of anilines is 1. The van der Waals surface area contributed by atoms with Crippen LogP contribution >= 0.6 is 0 Å². The topological polar surface area (TPSA) is 84.0 Å². The zero-order valence-electron chi connectivity index (χ0n) is 9.64. The largest absolute Gasteiger partial charge is 0.319 e. The normalized spacial score (nSPS) is 10.1. The summed E-state index contributed by atoms with van der Waals surface area (Å²) in [5.41, 5.74) is 0.132. The van der Waals surface area contributed by atoms with Gasteiger partial charge in [0.1, 0.15) is 5.69 Å². The van der Waals surface area contributed by atoms with E-state index in [0.29, 0.717) is 5.69 Å². The lowest BCUT2D eigenvalue weighted by molar-refractivity contribution is 0.102. The van der Waals surface area contributed by atoms with E-state index in [9.17, 15) is 14.4 Å². The highest BCUT2D eigenvalue weighted by molar-refractivity contribution is 6.02. The number of amides is 1. The second kappa shape index (κ2) is 4.70. The molecule has 2 aromatic heterocycles. The molecule has 0 spiro atoms. The number of aromatic amines is 1. The van der Waals surface area contributed by atoms with Crippen molar-refractivity contribution in [3.8, 4) is 0 Å². The predicted octanol–water partition coefficient (Wildman–Crippen LogP) is 0.326. The van der Waals surface area contributed by atoms with Crippen LogP contribution in [0.15, 0.2) is 46.1 Å². The Balaban J connectivity index is 2.24. The van der Waals surface area contributed by atoms with Crippen LogP contribution in [-0.4, -0.2) is 15.5 Å². The van der Waals surface area contributed by atoms with Crippen molar-refractivity contribution in [3.05, 3.63) is 62.9 Å². The smallest absolute Gasteiger partial charge is 0.272 e. The van der Waals surface area contributed by atoms with Crippen molar-refractivity contribution in [3.63, 3.8) is 0 Å². The molecule has 0 bridgehead atoms. The van der Waals surface area contributed by atoms with E-state index in [1.54, 1.807) is 7.05 Å². The molecular formula is C12H11N3O3. The highest BCUT2D eigenvalue weighted by Crippen LogP contribution is 2.04. The monoisotopic (exact) mass is 245 g/mol. The van der Waals surface area contributed by atoms with Gasteiger partial charge in [-0.05, 0) is 12.1 Å². The molecule has 6 nitrogen and oxygen atoms in total. The van der Waals surface area contributed by atoms with Gasteiger partial charge in [-0.1, -0.05) is 6.07 Å². The highest BCUT2D eigenvalue weighted by Gasteiger charge is 2.06. The minimum Gasteiger partial charge on any atom is -0.319 e. The second-order valence-corrected chi connectivity index (χ2v) is 3.75. The maximum Gasteiger partial charge on any atom is 0.272 e. The first kappa shape index (κ1) is 11.8. The van der Waals surface area contributed by atoms with E-state index in [1.165, 1.54) is 41.1 Å². The van der Waals surface area contributed by atoms with E-state index < -0.39 is 5.91 Å². The number of nitrogens with one attached hydrogen (secondary N) is 2. The highest BCUT2D eigenvalue weighted by atomic mass is 16.2. The first-order chi connectivity index (χ1) is 8.56. The number of carbonyl (C=O) groups is 1. The van der Waals surface area contributed by atoms with Crippen LogP contribution in [0.3, 0.4) is 0 Å². The molecule has 2 aromatic rings. The summed E-state index contributed by atoms with van der Waals surface area (Å²) in [5, 5.41) is 2.58. The van der Waals surface area contributed by atoms with Crippen LogP contribution in [0.1, 0.15) is 10.5 Å². The van der Waals surface area contributed by atoms with Gasteiger partial charge >= 0.3 is 0 Å². The van der Waals surface area contributed by atoms with Crippen molar-refractivity contribution in [1.82, 2.24) is 9.55 Å². The molecule has 0 aliphatic carbocycles. The SMILES string of the molecule is Cn1cc(NC(=O)c2cccc(=O)[nH]2)ccc1=O. The lowest BCUT2D eigenvalue weighted by Crippen LogP contribution is -2.20. The van der Waals surface area contributed by atoms with Gasteiger partial charge in [-0.15, -0.1) is 0 Å². The molecule has 18 heavy (non-hydrogen) atoms. The van der Waals surface area contributed by atoms with E-state index in [4.69, 9.17) is 0 Å². The summed E-state index contributed by atoms with van der Waals surface area (Å²) in [6.07, 6.45) is 1.50. The molecule has 0 saturated heterocycles. The number of aromatic nitrogens is 2. The number of carbonyl (C=O) groups excluding carboxylic acids is 1. The maximum absolute atomic E-state index is 11.8. The Morgan fingerprint density at radius 1 is 1.22 bits per heavy atom. The molecule has 0 aromatic carbocycles. The fourth-order valence-corrected chi connectivity index (χ4v) is 1.45. The zero-order valence-corrected chi connectivity index (χ0v) is 9.64. The molecule has 0 aliphatic heterocycles. The summed E-state index contributed by atoms with van der Waals surface area (Å²) in [6.45, 7) is 0. The molecular weight excluding hydrogens is 234 g/mol. The van der Waals surface area contributed by atoms with Crippen LogP contribution in [0.5, 0.6) is 0 Å². The summed E-state index contributed by atoms with van der Waals surface area (Å²) in [6, 6.07) is 7.17. The summed E-state index contributed by atoms with van der Waals surface area (Å²) < 4.78 is 1.35. The molecule has 0 unspecified atom stereocenters. The van der Waals surface area contributed by atoms with Gasteiger partial charge in [0.25, 0.3) is 5.91 Å². The Labute approximate surface area is 102 Å². The van der Waals surface area contributed by atoms with Gasteiger partial charge in [0.2, 0.25) is 11.1 Å². The number of hydrogen-bond acceptors (Lipinski definition) is 3. The van der Waals surface area contributed by atoms with Gasteiger partial charge in [-0.2, -0.15) is 0 Å². The molecule has 6 heteroatoms. The van der Waals surface area contributed by atoms with Gasteiger partial charge in [0.05, 0.1) is 5.69 Å². The number of H-pyrrole nitrogens is 1. The number of hydrogen-bond donors (Lipinski definition) is 2. The predicted molar refractivity (Wildman–Crippen MR) is 66.7 cm³/mol. The Morgan fingerprint density at radius 3 is 2.67 bits per heavy atom. The van der Waals surface area contributed by atoms with Crippen LogP contribution in [-0.2, 0) is 7.05 Å². The molecule has 0 atom stereocenters. The molecule has 1 amide bonds. The molecule has 0 radical (unpaired) electrons. The van der Waals surface area contributed by atoms with E-state index in [0.717, 1.165) is 0 Å². The first-order valence-corrected chi connectivity index (χ1v) is 5.23. The second-order valence-electron chi connectivity index (χ2n) is 3.75. The molecule has 2 N–H and O–H groups in total. The van der Waals surface area contributed by atoms with E-state index in [-0.39, 0.29) is 16.8 Å². The average Bonchev–Trinajstić information content (AvgIpc) is 2.34. The van der Waals surface area contributed by atoms with Crippen LogP contribution in [0.25, 0.3) is 0 Å². The third-order valence-electron chi connectivity index (χ3n) is 2.36. The van der Waals surface area contributed by atoms with Gasteiger partial charge in [-0.3, -0.25) is 14.4 Å². The summed E-state index contributed by atoms with van der Waals surface area (Å²) in [5.74, 6) is -0.439. The van der Waals surface area contributed by atoms with Gasteiger partial charge in [0.15, 0.2) is 0 Å². The fraction of sp³-hybridized carbons (Fsp3) is 0.0833. The van der Waals surface area contributed by atoms with Crippen molar-refractivity contribution in [2.75, 3.05) is 5.32 Å². The Morgan fingerprint density at radius 2 is 2.00 bits per heavy atom. The summed E-state index contributed by atoms with van der Waals surface area (Å²) in [7, 11) is 1.59. The van der Waals surface area contributed by atoms with Crippen LogP contribution in [0.4, 0.5) is 5.69 Å². The lowest BCUT2D eigenvalue weighted by atomic mass is 10.3. The Kier molecular flexibility index (Phi) is 3.09. The number of rotatable bonds is 2. The van der Waals surface area contributed by atoms with Crippen molar-refractivity contribution >= 4 is 11.6 Å². The molecule has 0 fully saturated rings. The lowest BCUT2D eigenvalue weighted by Gasteiger charge is -2.06. The third kappa shape index (κ3) is 2.54. The number of nitrogens with zero attached hydrogens (tertiary/aromatic N) is 1. The Bertz CT molecular complexity index is 700. The minimum absolute atomic E-state index is 0.163. The van der Waals surface area contributed by atoms with Crippen LogP contribution < -0.4 is 16.4 Å². The van der Waals surface area contributed by atoms with Crippen molar-refractivity contribution in [2.45, 2.75) is 0 Å². The Hall–Kier alpha value is -2.63. The summed E-state index contributed by atoms with van der Waals surface area (Å²) >= 11 is 0. The maximum atomic E-state index is 11.8. The molecule has 2 rings (SSSR count). The minimum atomic E-state index is -0.439. The van der Waals surface area contributed by atoms with Crippen molar-refractivity contribution in [2.24, 2.45) is 7.05 Å². The van der Waals surface area contributed by atoms with Gasteiger partial charge < -0.3 is 14.9 Å². The van der Waals surface area contributed by atoms with Gasteiger partial charge in [0, 0.05) is 25.4 Å². The standard InChI is InChI=1S/C12H11N3O3/c1-15-7-8(5-6-11(15)17)13-12(18)9-3-2-4-10(16)14-9/h2-7H,1H3,(H,13,18)(H,14,16). The molecule has 92 valence electrons. The molecule has 2 heterocycles. The third-order valence-corrected chi connectivity index (χ3v) is 2.36. The molecule has 0 aliphatic rings. The quantitative estimate of drug-likeness (QED) is 0.799. The fourth-order valence-electron chi connectivity index (χ4n) is 1.45. The van der Waals surface area contributed by atoms with Gasteiger partial charge in [-0.25, -0.2) is 0 Å². The first-order valence-electron chi connectivity index (χ1n) is 5.23. The van der Waals surface area contributed by atoms with E-state index >= 15 is 0 Å². The number of aryl methyl sites for hydroxylation is 1. The van der Waals surface area contributed by atoms with Crippen molar-refractivity contribution in [1.29, 1.82) is 0 Å². The summed E-state index contributed by atoms with van der Waals surface area (Å²) in [4.78, 5) is 36.5. The average molecular weight is 245 g/mol. The molecule has 0 saturated carbocycles. The van der Waals surface area contributed by atoms with E-state index in [1.807, 2.05) is 0 Å². The van der Waals surface area contributed by atoms with Crippen LogP contribution in [0, 0.1) is 0 Å².